The molecule has 1 saturated heterocycles. The van der Waals surface area contributed by atoms with Crippen molar-refractivity contribution < 1.29 is 29.0 Å². The Kier molecular flexibility index (Phi) is 7.24. The number of nitrogens with zero attached hydrogens (tertiary/aromatic N) is 1. The lowest BCUT2D eigenvalue weighted by atomic mass is 9.44. The number of allylic oxidation sites excluding steroid dienone is 4. The average Bonchev–Trinajstić information content (AvgIpc) is 3.29. The van der Waals surface area contributed by atoms with Crippen LogP contribution < -0.4 is 4.74 Å². The van der Waals surface area contributed by atoms with Gasteiger partial charge < -0.3 is 9.84 Å². The molecule has 2 amide bonds. The van der Waals surface area contributed by atoms with Crippen molar-refractivity contribution in [3.05, 3.63) is 110 Å². The number of benzene rings is 3. The van der Waals surface area contributed by atoms with Gasteiger partial charge in [0.05, 0.1) is 28.8 Å². The van der Waals surface area contributed by atoms with Gasteiger partial charge in [-0.1, -0.05) is 72.3 Å². The molecule has 0 bridgehead atoms. The molecule has 0 radical (unpaired) electrons. The van der Waals surface area contributed by atoms with Gasteiger partial charge in [0.2, 0.25) is 11.8 Å². The minimum absolute atomic E-state index is 0.112. The predicted octanol–water partition coefficient (Wildman–Crippen LogP) is 6.38. The number of ether oxygens (including phenoxy) is 1. The Morgan fingerprint density at radius 3 is 2.24 bits per heavy atom. The summed E-state index contributed by atoms with van der Waals surface area (Å²) in [6.45, 7) is 0. The number of Topliss-reactive ketones (excluding diaryl/α,β-unsaturated/α-hetero) is 1. The third-order valence-electron chi connectivity index (χ3n) is 10.3. The molecule has 3 aromatic carbocycles. The first-order chi connectivity index (χ1) is 21.6. The van der Waals surface area contributed by atoms with Gasteiger partial charge in [-0.3, -0.25) is 24.1 Å². The molecule has 1 N–H and O–H groups in total. The van der Waals surface area contributed by atoms with Crippen molar-refractivity contribution in [3.63, 3.8) is 0 Å². The van der Waals surface area contributed by atoms with E-state index in [9.17, 15) is 19.5 Å². The standard InChI is InChI=1S/C36H29Br2NO6/c1-39-34(43)21-14-13-20-23(28(21)35(39)44)15-25-32(41)22(18-9-5-3-6-10-18)17-27(40)36(25,19-11-7-4-8-12-19)29(20)24-16-26(45-2)33(42)31(38)30(24)37/h3-13,16-17,21,23,25,28-29,42H,14-15H2,1-2H3. The van der Waals surface area contributed by atoms with Gasteiger partial charge in [0.15, 0.2) is 23.1 Å². The number of likely N-dealkylation sites (tertiary alicyclic amines) is 1. The van der Waals surface area contributed by atoms with E-state index in [4.69, 9.17) is 4.74 Å². The highest BCUT2D eigenvalue weighted by Crippen LogP contribution is 2.65. The molecule has 0 spiro atoms. The lowest BCUT2D eigenvalue weighted by molar-refractivity contribution is -0.139. The number of rotatable bonds is 4. The summed E-state index contributed by atoms with van der Waals surface area (Å²) in [4.78, 5) is 58.1. The highest BCUT2D eigenvalue weighted by atomic mass is 79.9. The molecule has 1 saturated carbocycles. The van der Waals surface area contributed by atoms with E-state index in [-0.39, 0.29) is 41.3 Å². The van der Waals surface area contributed by atoms with Crippen molar-refractivity contribution in [1.82, 2.24) is 4.90 Å². The second-order valence-electron chi connectivity index (χ2n) is 12.2. The summed E-state index contributed by atoms with van der Waals surface area (Å²) in [5, 5.41) is 10.9. The molecule has 1 heterocycles. The number of ketones is 2. The van der Waals surface area contributed by atoms with Crippen LogP contribution in [0.3, 0.4) is 0 Å². The number of aromatic hydroxyl groups is 1. The number of amides is 2. The summed E-state index contributed by atoms with van der Waals surface area (Å²) in [6.07, 6.45) is 4.07. The van der Waals surface area contributed by atoms with Crippen LogP contribution in [0.1, 0.15) is 35.4 Å². The summed E-state index contributed by atoms with van der Waals surface area (Å²) < 4.78 is 6.42. The second kappa shape index (κ2) is 10.9. The van der Waals surface area contributed by atoms with Crippen LogP contribution in [0.15, 0.2) is 93.4 Å². The Labute approximate surface area is 277 Å². The minimum atomic E-state index is -1.38. The van der Waals surface area contributed by atoms with E-state index in [0.29, 0.717) is 37.6 Å². The minimum Gasteiger partial charge on any atom is -0.503 e. The number of hydrogen-bond donors (Lipinski definition) is 1. The van der Waals surface area contributed by atoms with E-state index in [1.165, 1.54) is 25.1 Å². The quantitative estimate of drug-likeness (QED) is 0.247. The number of carbonyl (C=O) groups is 4. The molecular formula is C36H29Br2NO6. The van der Waals surface area contributed by atoms with Crippen molar-refractivity contribution in [1.29, 1.82) is 0 Å². The van der Waals surface area contributed by atoms with Crippen LogP contribution in [0, 0.1) is 23.7 Å². The average molecular weight is 731 g/mol. The van der Waals surface area contributed by atoms with Gasteiger partial charge >= 0.3 is 0 Å². The molecule has 228 valence electrons. The van der Waals surface area contributed by atoms with Crippen molar-refractivity contribution in [2.75, 3.05) is 14.2 Å². The summed E-state index contributed by atoms with van der Waals surface area (Å²) in [6, 6.07) is 20.2. The van der Waals surface area contributed by atoms with Gasteiger partial charge in [0, 0.05) is 28.9 Å². The van der Waals surface area contributed by atoms with Crippen LogP contribution in [-0.2, 0) is 24.6 Å². The maximum Gasteiger partial charge on any atom is 0.233 e. The normalized spacial score (nSPS) is 29.1. The molecule has 45 heavy (non-hydrogen) atoms. The van der Waals surface area contributed by atoms with E-state index in [1.54, 1.807) is 6.07 Å². The SMILES string of the molecule is COc1cc(C2C3=CCC4C(=O)N(C)C(=O)C4C3CC3C(=O)C(c4ccccc4)=CC(=O)C32c2ccccc2)c(Br)c(Br)c1O. The van der Waals surface area contributed by atoms with Crippen LogP contribution in [0.5, 0.6) is 11.5 Å². The van der Waals surface area contributed by atoms with Crippen molar-refractivity contribution in [2.45, 2.75) is 24.2 Å². The molecule has 2 fully saturated rings. The van der Waals surface area contributed by atoms with Crippen LogP contribution in [0.25, 0.3) is 5.57 Å². The number of halogens is 2. The lowest BCUT2D eigenvalue weighted by Gasteiger charge is -2.55. The van der Waals surface area contributed by atoms with Gasteiger partial charge in [-0.25, -0.2) is 0 Å². The van der Waals surface area contributed by atoms with E-state index in [2.05, 4.69) is 31.9 Å². The van der Waals surface area contributed by atoms with E-state index < -0.39 is 35.0 Å². The van der Waals surface area contributed by atoms with E-state index in [0.717, 1.165) is 5.57 Å². The summed E-state index contributed by atoms with van der Waals surface area (Å²) in [7, 11) is 2.97. The lowest BCUT2D eigenvalue weighted by Crippen LogP contribution is -2.58. The molecule has 7 rings (SSSR count). The maximum absolute atomic E-state index is 15.1. The summed E-state index contributed by atoms with van der Waals surface area (Å²) >= 11 is 7.21. The fraction of sp³-hybridized carbons (Fsp3) is 0.278. The van der Waals surface area contributed by atoms with Crippen LogP contribution in [-0.4, -0.2) is 47.5 Å². The third-order valence-corrected chi connectivity index (χ3v) is 12.5. The maximum atomic E-state index is 15.1. The number of imide groups is 1. The Hall–Kier alpha value is -3.82. The van der Waals surface area contributed by atoms with Crippen LogP contribution >= 0.6 is 31.9 Å². The van der Waals surface area contributed by atoms with Gasteiger partial charge in [-0.2, -0.15) is 0 Å². The zero-order valence-electron chi connectivity index (χ0n) is 24.5. The molecular weight excluding hydrogens is 702 g/mol. The molecule has 4 aliphatic rings. The zero-order valence-corrected chi connectivity index (χ0v) is 27.7. The Balaban J connectivity index is 1.57. The van der Waals surface area contributed by atoms with Gasteiger partial charge in [-0.15, -0.1) is 0 Å². The number of fused-ring (bicyclic) bond motifs is 4. The molecule has 9 heteroatoms. The van der Waals surface area contributed by atoms with E-state index >= 15 is 4.79 Å². The number of methoxy groups -OCH3 is 1. The van der Waals surface area contributed by atoms with Gasteiger partial charge in [0.1, 0.15) is 0 Å². The van der Waals surface area contributed by atoms with Crippen LogP contribution in [0.4, 0.5) is 0 Å². The fourth-order valence-electron chi connectivity index (χ4n) is 8.35. The first-order valence-electron chi connectivity index (χ1n) is 14.8. The highest BCUT2D eigenvalue weighted by molar-refractivity contribution is 9.13. The molecule has 3 aliphatic carbocycles. The highest BCUT2D eigenvalue weighted by Gasteiger charge is 2.66. The van der Waals surface area contributed by atoms with E-state index in [1.807, 2.05) is 66.7 Å². The monoisotopic (exact) mass is 729 g/mol. The van der Waals surface area contributed by atoms with Gasteiger partial charge in [0.25, 0.3) is 0 Å². The van der Waals surface area contributed by atoms with Crippen molar-refractivity contribution in [2.24, 2.45) is 23.7 Å². The Bertz CT molecular complexity index is 1850. The second-order valence-corrected chi connectivity index (χ2v) is 13.8. The Morgan fingerprint density at radius 2 is 1.58 bits per heavy atom. The first-order valence-corrected chi connectivity index (χ1v) is 16.4. The fourth-order valence-corrected chi connectivity index (χ4v) is 9.31. The largest absolute Gasteiger partial charge is 0.503 e. The molecule has 6 unspecified atom stereocenters. The zero-order chi connectivity index (χ0) is 31.8. The molecule has 0 aromatic heterocycles. The van der Waals surface area contributed by atoms with Crippen LogP contribution in [0.2, 0.25) is 0 Å². The topological polar surface area (TPSA) is 101 Å². The summed E-state index contributed by atoms with van der Waals surface area (Å²) in [5.41, 5.74) is 1.76. The number of carbonyl (C=O) groups excluding carboxylic acids is 4. The number of hydrogen-bond acceptors (Lipinski definition) is 6. The number of phenols is 1. The van der Waals surface area contributed by atoms with Crippen molar-refractivity contribution in [3.8, 4) is 11.5 Å². The summed E-state index contributed by atoms with van der Waals surface area (Å²) in [5.74, 6) is -4.01. The third kappa shape index (κ3) is 4.12. The smallest absolute Gasteiger partial charge is 0.233 e. The molecule has 6 atom stereocenters. The van der Waals surface area contributed by atoms with Gasteiger partial charge in [-0.05, 0) is 79.5 Å². The number of phenolic OH excluding ortho intramolecular Hbond substituents is 1. The van der Waals surface area contributed by atoms with Crippen molar-refractivity contribution >= 4 is 60.8 Å². The molecule has 1 aliphatic heterocycles. The first kappa shape index (κ1) is 29.9. The molecule has 3 aromatic rings. The Morgan fingerprint density at radius 1 is 0.911 bits per heavy atom. The predicted molar refractivity (Wildman–Crippen MR) is 174 cm³/mol. The molecule has 7 nitrogen and oxygen atoms in total.